The summed E-state index contributed by atoms with van der Waals surface area (Å²) in [6, 6.07) is 15.3. The van der Waals surface area contributed by atoms with Crippen LogP contribution in [0, 0.1) is 0 Å². The average Bonchev–Trinajstić information content (AvgIpc) is 3.01. The van der Waals surface area contributed by atoms with Gasteiger partial charge in [0.25, 0.3) is 0 Å². The summed E-state index contributed by atoms with van der Waals surface area (Å²) in [4.78, 5) is 1.49. The minimum absolute atomic E-state index is 0.275. The van der Waals surface area contributed by atoms with Crippen LogP contribution in [-0.4, -0.2) is 36.8 Å². The molecule has 25 heavy (non-hydrogen) atoms. The fourth-order valence-corrected chi connectivity index (χ4v) is 5.24. The first-order valence-electron chi connectivity index (χ1n) is 7.37. The molecule has 0 spiro atoms. The number of halogens is 3. The molecule has 0 aromatic heterocycles. The fourth-order valence-electron chi connectivity index (χ4n) is 2.59. The van der Waals surface area contributed by atoms with Crippen molar-refractivity contribution < 1.29 is 30.9 Å². The zero-order valence-corrected chi connectivity index (χ0v) is 15.0. The molecule has 1 fully saturated rings. The number of alkyl halides is 3. The van der Waals surface area contributed by atoms with Gasteiger partial charge in [0, 0.05) is 18.9 Å². The van der Waals surface area contributed by atoms with E-state index in [1.807, 2.05) is 7.11 Å². The molecule has 3 rings (SSSR count). The quantitative estimate of drug-likeness (QED) is 0.443. The zero-order chi connectivity index (χ0) is 18.7. The maximum absolute atomic E-state index is 10.7. The predicted octanol–water partition coefficient (Wildman–Crippen LogP) is 3.63. The lowest BCUT2D eigenvalue weighted by Gasteiger charge is -2.11. The van der Waals surface area contributed by atoms with Crippen LogP contribution in [0.3, 0.4) is 0 Å². The minimum Gasteiger partial charge on any atom is -0.741 e. The standard InChI is InChI=1S/C15H17OS.CHF3O3S/c1-16-15-10-5-11-17(15)14-9-4-7-12-6-2-3-8-13(12)14;2-1(3,4)8(5,6)7/h2-4,6-9,15H,5,10-11H2,1H3;(H,5,6,7)/q+1;/p-1. The smallest absolute Gasteiger partial charge is 0.485 e. The molecule has 2 aromatic rings. The molecule has 2 aromatic carbocycles. The minimum atomic E-state index is -6.09. The van der Waals surface area contributed by atoms with Gasteiger partial charge in [0.05, 0.1) is 10.9 Å². The second kappa shape index (κ2) is 7.94. The summed E-state index contributed by atoms with van der Waals surface area (Å²) in [5.74, 6) is 1.28. The third-order valence-electron chi connectivity index (χ3n) is 3.70. The maximum Gasteiger partial charge on any atom is 0.485 e. The molecule has 1 aliphatic rings. The predicted molar refractivity (Wildman–Crippen MR) is 90.2 cm³/mol. The van der Waals surface area contributed by atoms with Crippen molar-refractivity contribution in [3.8, 4) is 0 Å². The summed E-state index contributed by atoms with van der Waals surface area (Å²) >= 11 is 0. The molecular formula is C16H17F3O4S2. The Morgan fingerprint density at radius 1 is 1.16 bits per heavy atom. The Bertz CT molecular complexity index is 816. The molecule has 0 radical (unpaired) electrons. The molecule has 2 unspecified atom stereocenters. The summed E-state index contributed by atoms with van der Waals surface area (Å²) in [7, 11) is -3.97. The molecule has 9 heteroatoms. The van der Waals surface area contributed by atoms with E-state index in [-0.39, 0.29) is 10.9 Å². The highest BCUT2D eigenvalue weighted by atomic mass is 32.2. The number of fused-ring (bicyclic) bond motifs is 1. The van der Waals surface area contributed by atoms with Gasteiger partial charge < -0.3 is 9.29 Å². The molecular weight excluding hydrogens is 377 g/mol. The molecule has 2 atom stereocenters. The summed E-state index contributed by atoms with van der Waals surface area (Å²) in [6.45, 7) is 0. The van der Waals surface area contributed by atoms with Gasteiger partial charge in [-0.1, -0.05) is 30.3 Å². The van der Waals surface area contributed by atoms with Crippen LogP contribution in [-0.2, 0) is 25.7 Å². The second-order valence-corrected chi connectivity index (χ2v) is 8.92. The van der Waals surface area contributed by atoms with Gasteiger partial charge in [-0.05, 0) is 23.9 Å². The fraction of sp³-hybridized carbons (Fsp3) is 0.375. The second-order valence-electron chi connectivity index (χ2n) is 5.32. The zero-order valence-electron chi connectivity index (χ0n) is 13.3. The van der Waals surface area contributed by atoms with Crippen LogP contribution in [0.5, 0.6) is 0 Å². The number of methoxy groups -OCH3 is 1. The Morgan fingerprint density at radius 3 is 2.36 bits per heavy atom. The van der Waals surface area contributed by atoms with Crippen molar-refractivity contribution in [2.45, 2.75) is 28.7 Å². The highest BCUT2D eigenvalue weighted by molar-refractivity contribution is 7.97. The third kappa shape index (κ3) is 4.87. The molecule has 0 saturated carbocycles. The lowest BCUT2D eigenvalue weighted by Crippen LogP contribution is -2.21. The van der Waals surface area contributed by atoms with Crippen molar-refractivity contribution >= 4 is 31.8 Å². The van der Waals surface area contributed by atoms with E-state index in [9.17, 15) is 13.2 Å². The van der Waals surface area contributed by atoms with Crippen molar-refractivity contribution in [2.75, 3.05) is 12.9 Å². The number of benzene rings is 2. The largest absolute Gasteiger partial charge is 0.741 e. The van der Waals surface area contributed by atoms with Gasteiger partial charge >= 0.3 is 5.51 Å². The topological polar surface area (TPSA) is 66.4 Å². The highest BCUT2D eigenvalue weighted by Gasteiger charge is 2.39. The van der Waals surface area contributed by atoms with Crippen molar-refractivity contribution in [3.05, 3.63) is 42.5 Å². The van der Waals surface area contributed by atoms with Crippen molar-refractivity contribution in [2.24, 2.45) is 0 Å². The average molecular weight is 394 g/mol. The normalized spacial score (nSPS) is 21.0. The van der Waals surface area contributed by atoms with E-state index >= 15 is 0 Å². The number of hydrogen-bond donors (Lipinski definition) is 0. The SMILES string of the molecule is COC1CCC[S+]1c1cccc2ccccc12.O=S(=O)([O-])C(F)(F)F. The Hall–Kier alpha value is -1.29. The first-order chi connectivity index (χ1) is 11.6. The molecule has 1 saturated heterocycles. The molecule has 0 N–H and O–H groups in total. The Kier molecular flexibility index (Phi) is 6.36. The lowest BCUT2D eigenvalue weighted by atomic mass is 10.1. The first-order valence-corrected chi connectivity index (χ1v) is 10.2. The first kappa shape index (κ1) is 20.0. The van der Waals surface area contributed by atoms with E-state index in [0.717, 1.165) is 0 Å². The van der Waals surface area contributed by atoms with Crippen LogP contribution < -0.4 is 0 Å². The van der Waals surface area contributed by atoms with Gasteiger partial charge in [-0.2, -0.15) is 13.2 Å². The van der Waals surface area contributed by atoms with Crippen LogP contribution in [0.1, 0.15) is 12.8 Å². The Balaban J connectivity index is 0.000000242. The summed E-state index contributed by atoms with van der Waals surface area (Å²) in [6.07, 6.45) is 2.51. The van der Waals surface area contributed by atoms with Gasteiger partial charge in [0.15, 0.2) is 15.0 Å². The van der Waals surface area contributed by atoms with Crippen molar-refractivity contribution in [3.63, 3.8) is 0 Å². The number of ether oxygens (including phenoxy) is 1. The summed E-state index contributed by atoms with van der Waals surface area (Å²) < 4.78 is 64.5. The van der Waals surface area contributed by atoms with E-state index in [1.54, 1.807) is 0 Å². The molecule has 1 heterocycles. The van der Waals surface area contributed by atoms with E-state index in [1.165, 1.54) is 34.3 Å². The van der Waals surface area contributed by atoms with Crippen LogP contribution in [0.25, 0.3) is 10.8 Å². The third-order valence-corrected chi connectivity index (χ3v) is 6.98. The van der Waals surface area contributed by atoms with Crippen LogP contribution in [0.4, 0.5) is 13.2 Å². The van der Waals surface area contributed by atoms with Gasteiger partial charge in [0.1, 0.15) is 5.75 Å². The highest BCUT2D eigenvalue weighted by Crippen LogP contribution is 2.34. The van der Waals surface area contributed by atoms with E-state index < -0.39 is 15.6 Å². The molecule has 0 aliphatic carbocycles. The van der Waals surface area contributed by atoms with Crippen LogP contribution >= 0.6 is 0 Å². The van der Waals surface area contributed by atoms with E-state index in [4.69, 9.17) is 17.7 Å². The van der Waals surface area contributed by atoms with Gasteiger partial charge in [-0.15, -0.1) is 0 Å². The monoisotopic (exact) mass is 394 g/mol. The number of hydrogen-bond acceptors (Lipinski definition) is 4. The maximum atomic E-state index is 10.7. The summed E-state index contributed by atoms with van der Waals surface area (Å²) in [5.41, 5.74) is -5.21. The molecule has 1 aliphatic heterocycles. The van der Waals surface area contributed by atoms with E-state index in [2.05, 4.69) is 42.5 Å². The van der Waals surface area contributed by atoms with Gasteiger partial charge in [-0.3, -0.25) is 0 Å². The molecule has 0 bridgehead atoms. The van der Waals surface area contributed by atoms with Crippen molar-refractivity contribution in [1.29, 1.82) is 0 Å². The number of rotatable bonds is 2. The molecule has 0 amide bonds. The van der Waals surface area contributed by atoms with Crippen LogP contribution in [0.15, 0.2) is 47.4 Å². The Morgan fingerprint density at radius 2 is 1.76 bits per heavy atom. The summed E-state index contributed by atoms with van der Waals surface area (Å²) in [5, 5.41) is 2.75. The lowest BCUT2D eigenvalue weighted by molar-refractivity contribution is -0.0517. The Labute approximate surface area is 147 Å². The molecule has 138 valence electrons. The van der Waals surface area contributed by atoms with Crippen molar-refractivity contribution in [1.82, 2.24) is 0 Å². The van der Waals surface area contributed by atoms with Gasteiger partial charge in [-0.25, -0.2) is 8.42 Å². The molecule has 4 nitrogen and oxygen atoms in total. The van der Waals surface area contributed by atoms with Crippen LogP contribution in [0.2, 0.25) is 0 Å². The van der Waals surface area contributed by atoms with Gasteiger partial charge in [0.2, 0.25) is 5.44 Å². The van der Waals surface area contributed by atoms with E-state index in [0.29, 0.717) is 5.44 Å².